The SMILES string of the molecule is Cc1ccc(NC(=O)c2cccc(S(=O)(=O)Nc3ccccc3F)c2)cc1[N+](=O)[O-]. The number of amides is 1. The number of nitro groups is 1. The van der Waals surface area contributed by atoms with Crippen molar-refractivity contribution in [2.24, 2.45) is 0 Å². The van der Waals surface area contributed by atoms with Crippen LogP contribution in [0.3, 0.4) is 0 Å². The molecule has 30 heavy (non-hydrogen) atoms. The van der Waals surface area contributed by atoms with Gasteiger partial charge in [0.15, 0.2) is 0 Å². The highest BCUT2D eigenvalue weighted by atomic mass is 32.2. The number of nitro benzene ring substituents is 1. The molecule has 0 unspecified atom stereocenters. The molecule has 3 aromatic carbocycles. The third kappa shape index (κ3) is 4.61. The number of carbonyl (C=O) groups excluding carboxylic acids is 1. The summed E-state index contributed by atoms with van der Waals surface area (Å²) < 4.78 is 41.0. The van der Waals surface area contributed by atoms with Crippen LogP contribution in [0.1, 0.15) is 15.9 Å². The molecule has 0 bridgehead atoms. The molecule has 0 atom stereocenters. The van der Waals surface area contributed by atoms with E-state index in [-0.39, 0.29) is 27.5 Å². The van der Waals surface area contributed by atoms with Gasteiger partial charge in [-0.1, -0.05) is 24.3 Å². The molecule has 0 saturated carbocycles. The van der Waals surface area contributed by atoms with Crippen LogP contribution >= 0.6 is 0 Å². The fraction of sp³-hybridized carbons (Fsp3) is 0.0500. The summed E-state index contributed by atoms with van der Waals surface area (Å²) in [6.07, 6.45) is 0. The minimum atomic E-state index is -4.15. The van der Waals surface area contributed by atoms with Crippen molar-refractivity contribution >= 4 is 33.0 Å². The van der Waals surface area contributed by atoms with Crippen molar-refractivity contribution in [3.05, 3.63) is 93.8 Å². The zero-order valence-corrected chi connectivity index (χ0v) is 16.4. The van der Waals surface area contributed by atoms with E-state index in [9.17, 15) is 27.7 Å². The molecule has 0 radical (unpaired) electrons. The van der Waals surface area contributed by atoms with Crippen molar-refractivity contribution in [1.29, 1.82) is 0 Å². The largest absolute Gasteiger partial charge is 0.322 e. The summed E-state index contributed by atoms with van der Waals surface area (Å²) >= 11 is 0. The van der Waals surface area contributed by atoms with Gasteiger partial charge in [-0.25, -0.2) is 12.8 Å². The van der Waals surface area contributed by atoms with Crippen LogP contribution in [0.25, 0.3) is 0 Å². The van der Waals surface area contributed by atoms with E-state index in [1.54, 1.807) is 6.92 Å². The number of sulfonamides is 1. The topological polar surface area (TPSA) is 118 Å². The molecular weight excluding hydrogens is 413 g/mol. The molecule has 1 amide bonds. The molecule has 0 spiro atoms. The van der Waals surface area contributed by atoms with Gasteiger partial charge in [-0.15, -0.1) is 0 Å². The minimum absolute atomic E-state index is 0.00892. The van der Waals surface area contributed by atoms with Crippen molar-refractivity contribution in [1.82, 2.24) is 0 Å². The summed E-state index contributed by atoms with van der Waals surface area (Å²) in [5.41, 5.74) is 0.257. The van der Waals surface area contributed by atoms with Gasteiger partial charge in [0, 0.05) is 22.9 Å². The van der Waals surface area contributed by atoms with E-state index >= 15 is 0 Å². The number of carbonyl (C=O) groups is 1. The van der Waals surface area contributed by atoms with Crippen molar-refractivity contribution in [2.45, 2.75) is 11.8 Å². The fourth-order valence-electron chi connectivity index (χ4n) is 2.64. The highest BCUT2D eigenvalue weighted by Crippen LogP contribution is 2.23. The smallest absolute Gasteiger partial charge is 0.274 e. The Morgan fingerprint density at radius 1 is 1.03 bits per heavy atom. The maximum atomic E-state index is 13.8. The van der Waals surface area contributed by atoms with Gasteiger partial charge in [0.1, 0.15) is 5.82 Å². The summed E-state index contributed by atoms with van der Waals surface area (Å²) in [6, 6.07) is 14.6. The van der Waals surface area contributed by atoms with Gasteiger partial charge in [-0.2, -0.15) is 0 Å². The molecule has 0 heterocycles. The van der Waals surface area contributed by atoms with Crippen LogP contribution in [-0.2, 0) is 10.0 Å². The molecule has 0 saturated heterocycles. The number of halogens is 1. The van der Waals surface area contributed by atoms with Crippen LogP contribution in [-0.4, -0.2) is 19.2 Å². The summed E-state index contributed by atoms with van der Waals surface area (Å²) in [6.45, 7) is 1.57. The van der Waals surface area contributed by atoms with E-state index in [1.165, 1.54) is 54.6 Å². The second-order valence-electron chi connectivity index (χ2n) is 6.33. The number of anilines is 2. The first kappa shape index (κ1) is 20.9. The second-order valence-corrected chi connectivity index (χ2v) is 8.01. The van der Waals surface area contributed by atoms with E-state index in [0.717, 1.165) is 12.1 Å². The maximum absolute atomic E-state index is 13.8. The summed E-state index contributed by atoms with van der Waals surface area (Å²) in [4.78, 5) is 22.8. The molecule has 3 rings (SSSR count). The lowest BCUT2D eigenvalue weighted by Gasteiger charge is -2.10. The van der Waals surface area contributed by atoms with Crippen LogP contribution in [0, 0.1) is 22.9 Å². The molecule has 10 heteroatoms. The number of rotatable bonds is 6. The second kappa shape index (κ2) is 8.29. The first-order chi connectivity index (χ1) is 14.2. The van der Waals surface area contributed by atoms with Gasteiger partial charge in [0.25, 0.3) is 21.6 Å². The van der Waals surface area contributed by atoms with E-state index in [1.807, 2.05) is 0 Å². The number of aryl methyl sites for hydroxylation is 1. The average molecular weight is 429 g/mol. The molecule has 0 aliphatic rings. The Kier molecular flexibility index (Phi) is 5.79. The molecule has 2 N–H and O–H groups in total. The van der Waals surface area contributed by atoms with Crippen LogP contribution < -0.4 is 10.0 Å². The number of para-hydroxylation sites is 1. The summed E-state index contributed by atoms with van der Waals surface area (Å²) in [7, 11) is -4.15. The number of hydrogen-bond acceptors (Lipinski definition) is 5. The van der Waals surface area contributed by atoms with Gasteiger partial charge in [-0.05, 0) is 43.3 Å². The quantitative estimate of drug-likeness (QED) is 0.452. The molecule has 8 nitrogen and oxygen atoms in total. The van der Waals surface area contributed by atoms with E-state index in [2.05, 4.69) is 10.0 Å². The monoisotopic (exact) mass is 429 g/mol. The predicted molar refractivity (Wildman–Crippen MR) is 109 cm³/mol. The lowest BCUT2D eigenvalue weighted by Crippen LogP contribution is -2.16. The fourth-order valence-corrected chi connectivity index (χ4v) is 3.75. The lowest BCUT2D eigenvalue weighted by atomic mass is 10.1. The van der Waals surface area contributed by atoms with Crippen molar-refractivity contribution < 1.29 is 22.5 Å². The van der Waals surface area contributed by atoms with E-state index in [4.69, 9.17) is 0 Å². The van der Waals surface area contributed by atoms with Crippen molar-refractivity contribution in [3.8, 4) is 0 Å². The molecular formula is C20H16FN3O5S. The summed E-state index contributed by atoms with van der Waals surface area (Å²) in [5.74, 6) is -1.40. The van der Waals surface area contributed by atoms with Crippen LogP contribution in [0.2, 0.25) is 0 Å². The van der Waals surface area contributed by atoms with Gasteiger partial charge < -0.3 is 5.32 Å². The van der Waals surface area contributed by atoms with E-state index in [0.29, 0.717) is 5.56 Å². The maximum Gasteiger partial charge on any atom is 0.274 e. The number of hydrogen-bond donors (Lipinski definition) is 2. The zero-order chi connectivity index (χ0) is 21.9. The average Bonchev–Trinajstić information content (AvgIpc) is 2.71. The third-order valence-electron chi connectivity index (χ3n) is 4.19. The Labute approximate surface area is 171 Å². The predicted octanol–water partition coefficient (Wildman–Crippen LogP) is 4.10. The Bertz CT molecular complexity index is 1240. The molecule has 3 aromatic rings. The van der Waals surface area contributed by atoms with Crippen LogP contribution in [0.4, 0.5) is 21.5 Å². The Hall–Kier alpha value is -3.79. The Morgan fingerprint density at radius 3 is 2.47 bits per heavy atom. The molecule has 0 aliphatic heterocycles. The Morgan fingerprint density at radius 2 is 1.77 bits per heavy atom. The number of nitrogens with one attached hydrogen (secondary N) is 2. The Balaban J connectivity index is 1.84. The van der Waals surface area contributed by atoms with Crippen molar-refractivity contribution in [2.75, 3.05) is 10.0 Å². The highest BCUT2D eigenvalue weighted by Gasteiger charge is 2.19. The molecule has 0 aliphatic carbocycles. The van der Waals surface area contributed by atoms with E-state index < -0.39 is 26.7 Å². The first-order valence-corrected chi connectivity index (χ1v) is 10.1. The standard InChI is InChI=1S/C20H16FN3O5S/c1-13-9-10-15(12-19(13)24(26)27)22-20(25)14-5-4-6-16(11-14)30(28,29)23-18-8-3-2-7-17(18)21/h2-12,23H,1H3,(H,22,25). The van der Waals surface area contributed by atoms with Crippen LogP contribution in [0.5, 0.6) is 0 Å². The molecule has 0 aromatic heterocycles. The lowest BCUT2D eigenvalue weighted by molar-refractivity contribution is -0.385. The minimum Gasteiger partial charge on any atom is -0.322 e. The van der Waals surface area contributed by atoms with Crippen molar-refractivity contribution in [3.63, 3.8) is 0 Å². The normalized spacial score (nSPS) is 11.0. The first-order valence-electron chi connectivity index (χ1n) is 8.61. The van der Waals surface area contributed by atoms with Crippen LogP contribution in [0.15, 0.2) is 71.6 Å². The van der Waals surface area contributed by atoms with Gasteiger partial charge in [0.2, 0.25) is 0 Å². The number of benzene rings is 3. The molecule has 154 valence electrons. The zero-order valence-electron chi connectivity index (χ0n) is 15.6. The highest BCUT2D eigenvalue weighted by molar-refractivity contribution is 7.92. The van der Waals surface area contributed by atoms with Gasteiger partial charge >= 0.3 is 0 Å². The van der Waals surface area contributed by atoms with Gasteiger partial charge in [-0.3, -0.25) is 19.6 Å². The third-order valence-corrected chi connectivity index (χ3v) is 5.55. The molecule has 0 fully saturated rings. The van der Waals surface area contributed by atoms with Gasteiger partial charge in [0.05, 0.1) is 15.5 Å². The summed E-state index contributed by atoms with van der Waals surface area (Å²) in [5, 5.41) is 13.6. The number of nitrogens with zero attached hydrogens (tertiary/aromatic N) is 1.